The molecule has 1 heterocycles. The number of para-hydroxylation sites is 1. The summed E-state index contributed by atoms with van der Waals surface area (Å²) in [5.41, 5.74) is 1.87. The van der Waals surface area contributed by atoms with E-state index in [1.54, 1.807) is 41.0 Å². The first-order chi connectivity index (χ1) is 15.8. The highest BCUT2D eigenvalue weighted by Crippen LogP contribution is 2.22. The van der Waals surface area contributed by atoms with Gasteiger partial charge in [0.05, 0.1) is 26.4 Å². The van der Waals surface area contributed by atoms with Gasteiger partial charge in [-0.1, -0.05) is 47.2 Å². The third-order valence-electron chi connectivity index (χ3n) is 4.89. The Morgan fingerprint density at radius 2 is 1.88 bits per heavy atom. The maximum atomic E-state index is 13.7. The van der Waals surface area contributed by atoms with E-state index >= 15 is 0 Å². The van der Waals surface area contributed by atoms with Crippen molar-refractivity contribution in [1.29, 1.82) is 0 Å². The van der Waals surface area contributed by atoms with Crippen LogP contribution in [0.5, 0.6) is 0 Å². The van der Waals surface area contributed by atoms with Crippen molar-refractivity contribution in [3.05, 3.63) is 101 Å². The van der Waals surface area contributed by atoms with Crippen molar-refractivity contribution in [2.24, 2.45) is 4.99 Å². The second-order valence-electron chi connectivity index (χ2n) is 7.28. The number of nitrogens with one attached hydrogen (secondary N) is 1. The van der Waals surface area contributed by atoms with Crippen LogP contribution < -0.4 is 9.52 Å². The fraction of sp³-hybridized carbons (Fsp3) is 0.0833. The number of aryl methyl sites for hydroxylation is 1. The highest BCUT2D eigenvalue weighted by Gasteiger charge is 2.19. The van der Waals surface area contributed by atoms with E-state index in [1.807, 2.05) is 6.92 Å². The molecule has 6 nitrogen and oxygen atoms in total. The Hall–Kier alpha value is -3.56. The lowest BCUT2D eigenvalue weighted by Gasteiger charge is -2.11. The first kappa shape index (κ1) is 22.6. The topological polar surface area (TPSA) is 80.5 Å². The number of thiazole rings is 1. The van der Waals surface area contributed by atoms with Gasteiger partial charge in [0.1, 0.15) is 5.82 Å². The lowest BCUT2D eigenvalue weighted by Crippen LogP contribution is -2.18. The van der Waals surface area contributed by atoms with Crippen molar-refractivity contribution in [2.75, 3.05) is 4.72 Å². The Morgan fingerprint density at radius 3 is 2.61 bits per heavy atom. The minimum atomic E-state index is -3.90. The molecule has 0 saturated heterocycles. The molecular weight excluding hydrogens is 461 g/mol. The summed E-state index contributed by atoms with van der Waals surface area (Å²) in [6.45, 7) is 5.97. The Kier molecular flexibility index (Phi) is 6.26. The van der Waals surface area contributed by atoms with E-state index in [9.17, 15) is 17.6 Å². The van der Waals surface area contributed by atoms with Crippen molar-refractivity contribution in [3.63, 3.8) is 0 Å². The predicted octanol–water partition coefficient (Wildman–Crippen LogP) is 4.88. The van der Waals surface area contributed by atoms with Gasteiger partial charge < -0.3 is 4.57 Å². The maximum absolute atomic E-state index is 13.7. The summed E-state index contributed by atoms with van der Waals surface area (Å²) < 4.78 is 44.2. The Bertz CT molecular complexity index is 1540. The van der Waals surface area contributed by atoms with Crippen molar-refractivity contribution in [2.45, 2.75) is 18.4 Å². The molecule has 1 aromatic heterocycles. The Morgan fingerprint density at radius 1 is 1.15 bits per heavy atom. The molecular formula is C24H20FN3O3S2. The molecule has 0 unspecified atom stereocenters. The second-order valence-corrected chi connectivity index (χ2v) is 9.97. The molecule has 4 aromatic rings. The van der Waals surface area contributed by atoms with Gasteiger partial charge in [0.15, 0.2) is 4.80 Å². The third-order valence-corrected chi connectivity index (χ3v) is 7.31. The molecule has 0 aliphatic carbocycles. The summed E-state index contributed by atoms with van der Waals surface area (Å²) in [5.74, 6) is -1.01. The lowest BCUT2D eigenvalue weighted by atomic mass is 10.2. The van der Waals surface area contributed by atoms with Gasteiger partial charge in [-0.15, -0.1) is 6.58 Å². The molecule has 1 amide bonds. The van der Waals surface area contributed by atoms with Gasteiger partial charge >= 0.3 is 0 Å². The van der Waals surface area contributed by atoms with Crippen LogP contribution in [0.15, 0.2) is 89.3 Å². The van der Waals surface area contributed by atoms with Crippen LogP contribution in [0.4, 0.5) is 10.1 Å². The molecule has 0 aliphatic rings. The molecule has 0 aliphatic heterocycles. The van der Waals surface area contributed by atoms with Gasteiger partial charge in [0.2, 0.25) is 0 Å². The quantitative estimate of drug-likeness (QED) is 0.399. The monoisotopic (exact) mass is 481 g/mol. The first-order valence-corrected chi connectivity index (χ1v) is 12.3. The van der Waals surface area contributed by atoms with E-state index in [-0.39, 0.29) is 22.0 Å². The number of nitrogens with zero attached hydrogens (tertiary/aromatic N) is 2. The minimum absolute atomic E-state index is 0.0858. The summed E-state index contributed by atoms with van der Waals surface area (Å²) in [6.07, 6.45) is 1.66. The molecule has 33 heavy (non-hydrogen) atoms. The van der Waals surface area contributed by atoms with Crippen molar-refractivity contribution >= 4 is 43.2 Å². The number of benzene rings is 3. The van der Waals surface area contributed by atoms with Crippen molar-refractivity contribution in [3.8, 4) is 0 Å². The average molecular weight is 482 g/mol. The van der Waals surface area contributed by atoms with Crippen LogP contribution in [-0.4, -0.2) is 18.9 Å². The SMILES string of the molecule is C=CCn1c(=NC(=O)c2ccccc2NS(=O)(=O)c2ccc(C)cc2)sc2cc(F)ccc21. The van der Waals surface area contributed by atoms with Gasteiger partial charge in [-0.05, 0) is 49.4 Å². The zero-order valence-corrected chi connectivity index (χ0v) is 19.3. The number of aromatic nitrogens is 1. The largest absolute Gasteiger partial charge is 0.312 e. The molecule has 0 bridgehead atoms. The third kappa shape index (κ3) is 4.79. The molecule has 0 radical (unpaired) electrons. The number of sulfonamides is 1. The number of hydrogen-bond acceptors (Lipinski definition) is 4. The number of fused-ring (bicyclic) bond motifs is 1. The van der Waals surface area contributed by atoms with Gasteiger partial charge in [-0.2, -0.15) is 4.99 Å². The zero-order chi connectivity index (χ0) is 23.6. The molecule has 0 spiro atoms. The molecule has 168 valence electrons. The first-order valence-electron chi connectivity index (χ1n) is 9.96. The Balaban J connectivity index is 1.75. The van der Waals surface area contributed by atoms with Gasteiger partial charge in [-0.25, -0.2) is 12.8 Å². The lowest BCUT2D eigenvalue weighted by molar-refractivity contribution is 0.0998. The number of halogens is 1. The fourth-order valence-corrected chi connectivity index (χ4v) is 5.41. The van der Waals surface area contributed by atoms with Crippen LogP contribution in [-0.2, 0) is 16.6 Å². The number of carbonyl (C=O) groups excluding carboxylic acids is 1. The van der Waals surface area contributed by atoms with E-state index in [2.05, 4.69) is 16.3 Å². The Labute approximate surface area is 194 Å². The van der Waals surface area contributed by atoms with Crippen molar-refractivity contribution in [1.82, 2.24) is 4.57 Å². The number of rotatable bonds is 6. The summed E-state index contributed by atoms with van der Waals surface area (Å²) >= 11 is 1.17. The van der Waals surface area contributed by atoms with Crippen molar-refractivity contribution < 1.29 is 17.6 Å². The summed E-state index contributed by atoms with van der Waals surface area (Å²) in [5, 5.41) is 0. The minimum Gasteiger partial charge on any atom is -0.312 e. The van der Waals surface area contributed by atoms with Crippen LogP contribution in [0.3, 0.4) is 0 Å². The van der Waals surface area contributed by atoms with Gasteiger partial charge in [0.25, 0.3) is 15.9 Å². The molecule has 0 atom stereocenters. The van der Waals surface area contributed by atoms with E-state index in [0.717, 1.165) is 11.1 Å². The zero-order valence-electron chi connectivity index (χ0n) is 17.7. The molecule has 3 aromatic carbocycles. The predicted molar refractivity (Wildman–Crippen MR) is 128 cm³/mol. The fourth-order valence-electron chi connectivity index (χ4n) is 3.26. The number of amides is 1. The molecule has 0 saturated carbocycles. The van der Waals surface area contributed by atoms with E-state index < -0.39 is 15.9 Å². The summed E-state index contributed by atoms with van der Waals surface area (Å²) in [7, 11) is -3.90. The summed E-state index contributed by atoms with van der Waals surface area (Å²) in [6, 6.07) is 17.0. The van der Waals surface area contributed by atoms with E-state index in [0.29, 0.717) is 16.0 Å². The number of allylic oxidation sites excluding steroid dienone is 1. The van der Waals surface area contributed by atoms with Crippen LogP contribution >= 0.6 is 11.3 Å². The van der Waals surface area contributed by atoms with Gasteiger partial charge in [-0.3, -0.25) is 9.52 Å². The number of carbonyl (C=O) groups is 1. The normalized spacial score (nSPS) is 12.1. The van der Waals surface area contributed by atoms with E-state index in [1.165, 1.54) is 47.7 Å². The highest BCUT2D eigenvalue weighted by molar-refractivity contribution is 7.92. The number of anilines is 1. The molecule has 1 N–H and O–H groups in total. The van der Waals surface area contributed by atoms with E-state index in [4.69, 9.17) is 0 Å². The van der Waals surface area contributed by atoms with Crippen LogP contribution in [0.2, 0.25) is 0 Å². The smallest absolute Gasteiger partial charge is 0.281 e. The average Bonchev–Trinajstić information content (AvgIpc) is 3.10. The van der Waals surface area contributed by atoms with Crippen LogP contribution in [0.1, 0.15) is 15.9 Å². The van der Waals surface area contributed by atoms with Gasteiger partial charge in [0, 0.05) is 6.54 Å². The standard InChI is InChI=1S/C24H20FN3O3S2/c1-3-14-28-21-13-10-17(25)15-22(21)32-24(28)26-23(29)19-6-4-5-7-20(19)27-33(30,31)18-11-8-16(2)9-12-18/h3-13,15,27H,1,14H2,2H3. The van der Waals surface area contributed by atoms with Crippen LogP contribution in [0, 0.1) is 12.7 Å². The second kappa shape index (κ2) is 9.13. The molecule has 0 fully saturated rings. The maximum Gasteiger partial charge on any atom is 0.281 e. The number of hydrogen-bond donors (Lipinski definition) is 1. The molecule has 9 heteroatoms. The summed E-state index contributed by atoms with van der Waals surface area (Å²) in [4.78, 5) is 17.8. The molecule has 4 rings (SSSR count). The van der Waals surface area contributed by atoms with Crippen LogP contribution in [0.25, 0.3) is 10.2 Å². The highest BCUT2D eigenvalue weighted by atomic mass is 32.2.